The summed E-state index contributed by atoms with van der Waals surface area (Å²) in [6.07, 6.45) is 2.16. The highest BCUT2D eigenvalue weighted by atomic mass is 16.5. The lowest BCUT2D eigenvalue weighted by Crippen LogP contribution is -2.37. The summed E-state index contributed by atoms with van der Waals surface area (Å²) in [5, 5.41) is 2.86. The Morgan fingerprint density at radius 3 is 1.97 bits per heavy atom. The van der Waals surface area contributed by atoms with Gasteiger partial charge in [0.05, 0.1) is 0 Å². The van der Waals surface area contributed by atoms with Gasteiger partial charge in [-0.2, -0.15) is 0 Å². The van der Waals surface area contributed by atoms with Crippen LogP contribution in [0.4, 0.5) is 5.69 Å². The molecule has 38 heavy (non-hydrogen) atoms. The summed E-state index contributed by atoms with van der Waals surface area (Å²) in [5.74, 6) is 1.33. The molecule has 1 heterocycles. The number of carbonyl (C=O) groups is 3. The molecule has 0 saturated carbocycles. The van der Waals surface area contributed by atoms with Gasteiger partial charge in [0.15, 0.2) is 18.2 Å². The number of ether oxygens (including phenoxy) is 2. The Morgan fingerprint density at radius 1 is 0.868 bits per heavy atom. The number of carbonyl (C=O) groups excluding carboxylic acids is 3. The summed E-state index contributed by atoms with van der Waals surface area (Å²) >= 11 is 0. The van der Waals surface area contributed by atoms with Crippen LogP contribution in [0.2, 0.25) is 0 Å². The third kappa shape index (κ3) is 5.17. The Hall–Kier alpha value is -3.67. The van der Waals surface area contributed by atoms with Crippen molar-refractivity contribution in [1.82, 2.24) is 0 Å². The summed E-state index contributed by atoms with van der Waals surface area (Å²) < 4.78 is 12.1. The van der Waals surface area contributed by atoms with Crippen molar-refractivity contribution in [1.29, 1.82) is 0 Å². The summed E-state index contributed by atoms with van der Waals surface area (Å²) in [5.41, 5.74) is 3.43. The van der Waals surface area contributed by atoms with Crippen LogP contribution in [0.1, 0.15) is 70.4 Å². The van der Waals surface area contributed by atoms with Gasteiger partial charge >= 0.3 is 0 Å². The number of hydrogen-bond acceptors (Lipinski definition) is 5. The van der Waals surface area contributed by atoms with Crippen molar-refractivity contribution in [2.75, 3.05) is 11.9 Å². The van der Waals surface area contributed by atoms with E-state index in [4.69, 9.17) is 9.47 Å². The number of aryl methyl sites for hydroxylation is 1. The van der Waals surface area contributed by atoms with Crippen molar-refractivity contribution in [2.24, 2.45) is 10.8 Å². The van der Waals surface area contributed by atoms with E-state index in [9.17, 15) is 14.4 Å². The van der Waals surface area contributed by atoms with Gasteiger partial charge in [0.1, 0.15) is 17.3 Å². The number of nitrogens with one attached hydrogen (secondary N) is 1. The Morgan fingerprint density at radius 2 is 1.42 bits per heavy atom. The zero-order chi connectivity index (χ0) is 27.2. The lowest BCUT2D eigenvalue weighted by molar-refractivity contribution is -0.120. The molecule has 198 valence electrons. The van der Waals surface area contributed by atoms with Crippen LogP contribution in [0, 0.1) is 17.8 Å². The van der Waals surface area contributed by atoms with Crippen LogP contribution in [0.25, 0.3) is 0 Å². The minimum absolute atomic E-state index is 0.0404. The number of rotatable bonds is 5. The molecule has 0 aromatic heterocycles. The number of allylic oxidation sites excluding steroid dienone is 4. The van der Waals surface area contributed by atoms with Crippen LogP contribution in [-0.2, 0) is 19.1 Å². The van der Waals surface area contributed by atoms with E-state index >= 15 is 0 Å². The molecule has 1 amide bonds. The second-order valence-corrected chi connectivity index (χ2v) is 12.3. The van der Waals surface area contributed by atoms with Gasteiger partial charge in [0, 0.05) is 48.4 Å². The van der Waals surface area contributed by atoms with E-state index in [-0.39, 0.29) is 34.9 Å². The Balaban J connectivity index is 1.40. The number of amides is 1. The molecule has 3 aliphatic rings. The minimum Gasteiger partial charge on any atom is -0.484 e. The van der Waals surface area contributed by atoms with Crippen LogP contribution in [-0.4, -0.2) is 24.1 Å². The van der Waals surface area contributed by atoms with E-state index in [1.807, 2.05) is 43.3 Å². The maximum atomic E-state index is 13.4. The van der Waals surface area contributed by atoms with Gasteiger partial charge in [-0.15, -0.1) is 0 Å². The summed E-state index contributed by atoms with van der Waals surface area (Å²) in [4.78, 5) is 39.2. The molecule has 0 bridgehead atoms. The largest absolute Gasteiger partial charge is 0.484 e. The standard InChI is InChI=1S/C32H35NO5/c1-19-8-6-7-9-22(19)33-27(36)18-37-21-12-10-20(11-13-21)28-29-23(34)14-31(2,3)16-25(29)38-26-17-32(4,5)15-24(35)30(26)28/h6-13,28H,14-18H2,1-5H3,(H,33,36). The molecular weight excluding hydrogens is 478 g/mol. The normalized spacial score (nSPS) is 20.4. The summed E-state index contributed by atoms with van der Waals surface area (Å²) in [7, 11) is 0. The third-order valence-corrected chi connectivity index (χ3v) is 7.58. The molecular formula is C32H35NO5. The fourth-order valence-electron chi connectivity index (χ4n) is 5.81. The molecule has 0 unspecified atom stereocenters. The van der Waals surface area contributed by atoms with Crippen molar-refractivity contribution in [2.45, 2.75) is 66.2 Å². The first-order valence-electron chi connectivity index (χ1n) is 13.2. The van der Waals surface area contributed by atoms with Gasteiger partial charge in [-0.3, -0.25) is 14.4 Å². The zero-order valence-corrected chi connectivity index (χ0v) is 22.8. The maximum absolute atomic E-state index is 13.4. The first-order chi connectivity index (χ1) is 17.9. The first-order valence-corrected chi connectivity index (χ1v) is 13.2. The second-order valence-electron chi connectivity index (χ2n) is 12.3. The van der Waals surface area contributed by atoms with E-state index in [1.54, 1.807) is 12.1 Å². The quantitative estimate of drug-likeness (QED) is 0.499. The van der Waals surface area contributed by atoms with Crippen LogP contribution >= 0.6 is 0 Å². The number of Topliss-reactive ketones (excluding diaryl/α,β-unsaturated/α-hetero) is 2. The fraction of sp³-hybridized carbons (Fsp3) is 0.406. The third-order valence-electron chi connectivity index (χ3n) is 7.58. The van der Waals surface area contributed by atoms with Gasteiger partial charge in [-0.1, -0.05) is 58.0 Å². The number of hydrogen-bond donors (Lipinski definition) is 1. The molecule has 1 aliphatic heterocycles. The molecule has 2 aromatic carbocycles. The molecule has 0 spiro atoms. The van der Waals surface area contributed by atoms with Crippen molar-refractivity contribution in [3.05, 3.63) is 82.3 Å². The van der Waals surface area contributed by atoms with Crippen molar-refractivity contribution in [3.8, 4) is 5.75 Å². The first kappa shape index (κ1) is 26.0. The predicted molar refractivity (Wildman–Crippen MR) is 146 cm³/mol. The maximum Gasteiger partial charge on any atom is 0.262 e. The van der Waals surface area contributed by atoms with Crippen molar-refractivity contribution in [3.63, 3.8) is 0 Å². The second kappa shape index (κ2) is 9.57. The molecule has 0 radical (unpaired) electrons. The van der Waals surface area contributed by atoms with E-state index in [1.165, 1.54) is 0 Å². The van der Waals surface area contributed by atoms with E-state index < -0.39 is 5.92 Å². The lowest BCUT2D eigenvalue weighted by atomic mass is 9.65. The molecule has 2 aromatic rings. The number of ketones is 2. The van der Waals surface area contributed by atoms with E-state index in [2.05, 4.69) is 33.0 Å². The van der Waals surface area contributed by atoms with Crippen LogP contribution in [0.15, 0.2) is 71.2 Å². The molecule has 2 aliphatic carbocycles. The summed E-state index contributed by atoms with van der Waals surface area (Å²) in [6, 6.07) is 14.9. The molecule has 0 atom stereocenters. The van der Waals surface area contributed by atoms with Crippen LogP contribution in [0.5, 0.6) is 5.75 Å². The average molecular weight is 514 g/mol. The Kier molecular flexibility index (Phi) is 6.54. The van der Waals surface area contributed by atoms with Gasteiger partial charge in [0.2, 0.25) is 0 Å². The molecule has 0 fully saturated rings. The molecule has 6 nitrogen and oxygen atoms in total. The Labute approximate surface area is 224 Å². The predicted octanol–water partition coefficient (Wildman–Crippen LogP) is 6.41. The van der Waals surface area contributed by atoms with Gasteiger partial charge in [-0.05, 0) is 47.1 Å². The lowest BCUT2D eigenvalue weighted by Gasteiger charge is -2.42. The monoisotopic (exact) mass is 513 g/mol. The van der Waals surface area contributed by atoms with Crippen LogP contribution < -0.4 is 10.1 Å². The molecule has 6 heteroatoms. The SMILES string of the molecule is Cc1ccccc1NC(=O)COc1ccc(C2C3=C(CC(C)(C)CC3=O)OC3=C2C(=O)CC(C)(C)C3)cc1. The molecule has 1 N–H and O–H groups in total. The fourth-order valence-corrected chi connectivity index (χ4v) is 5.81. The van der Waals surface area contributed by atoms with Crippen molar-refractivity contribution >= 4 is 23.2 Å². The minimum atomic E-state index is -0.445. The highest BCUT2D eigenvalue weighted by Gasteiger charge is 2.47. The number of para-hydroxylation sites is 1. The summed E-state index contributed by atoms with van der Waals surface area (Å²) in [6.45, 7) is 10.1. The van der Waals surface area contributed by atoms with Gasteiger partial charge in [-0.25, -0.2) is 0 Å². The van der Waals surface area contributed by atoms with E-state index in [0.29, 0.717) is 54.1 Å². The smallest absolute Gasteiger partial charge is 0.262 e. The van der Waals surface area contributed by atoms with Crippen LogP contribution in [0.3, 0.4) is 0 Å². The Bertz CT molecular complexity index is 1320. The topological polar surface area (TPSA) is 81.7 Å². The number of anilines is 1. The highest BCUT2D eigenvalue weighted by molar-refractivity contribution is 6.06. The average Bonchev–Trinajstić information content (AvgIpc) is 2.81. The van der Waals surface area contributed by atoms with Gasteiger partial charge in [0.25, 0.3) is 5.91 Å². The van der Waals surface area contributed by atoms with E-state index in [0.717, 1.165) is 16.8 Å². The molecule has 5 rings (SSSR count). The van der Waals surface area contributed by atoms with Gasteiger partial charge < -0.3 is 14.8 Å². The van der Waals surface area contributed by atoms with Crippen molar-refractivity contribution < 1.29 is 23.9 Å². The molecule has 0 saturated heterocycles. The number of benzene rings is 2. The highest BCUT2D eigenvalue weighted by Crippen LogP contribution is 2.53. The zero-order valence-electron chi connectivity index (χ0n) is 22.8.